The van der Waals surface area contributed by atoms with Crippen molar-refractivity contribution in [3.05, 3.63) is 28.3 Å². The highest BCUT2D eigenvalue weighted by Crippen LogP contribution is 2.26. The van der Waals surface area contributed by atoms with Gasteiger partial charge in [-0.1, -0.05) is 11.6 Å². The van der Waals surface area contributed by atoms with Gasteiger partial charge in [-0.05, 0) is 50.1 Å². The van der Waals surface area contributed by atoms with Crippen molar-refractivity contribution in [3.8, 4) is 5.75 Å². The predicted octanol–water partition coefficient (Wildman–Crippen LogP) is 2.96. The molecule has 0 amide bonds. The highest BCUT2D eigenvalue weighted by molar-refractivity contribution is 6.30. The van der Waals surface area contributed by atoms with Gasteiger partial charge in [0.05, 0.1) is 0 Å². The Bertz CT molecular complexity index is 346. The summed E-state index contributed by atoms with van der Waals surface area (Å²) in [6.45, 7) is 7.28. The van der Waals surface area contributed by atoms with Crippen molar-refractivity contribution in [1.82, 2.24) is 5.32 Å². The average Bonchev–Trinajstić information content (AvgIpc) is 2.30. The number of hydrogen-bond acceptors (Lipinski definition) is 3. The molecule has 0 bridgehead atoms. The molecular weight excluding hydrogens is 250 g/mol. The summed E-state index contributed by atoms with van der Waals surface area (Å²) in [5, 5.41) is 4.07. The van der Waals surface area contributed by atoms with Gasteiger partial charge in [0.15, 0.2) is 0 Å². The van der Waals surface area contributed by atoms with Crippen molar-refractivity contribution in [1.29, 1.82) is 0 Å². The Morgan fingerprint density at radius 1 is 1.11 bits per heavy atom. The van der Waals surface area contributed by atoms with Crippen LogP contribution in [0.15, 0.2) is 12.1 Å². The summed E-state index contributed by atoms with van der Waals surface area (Å²) in [6.07, 6.45) is 1.02. The maximum absolute atomic E-state index is 5.97. The Morgan fingerprint density at radius 3 is 2.39 bits per heavy atom. The minimum atomic E-state index is 0.663. The summed E-state index contributed by atoms with van der Waals surface area (Å²) in [5.74, 6) is 0.943. The highest BCUT2D eigenvalue weighted by atomic mass is 35.5. The molecule has 0 unspecified atom stereocenters. The van der Waals surface area contributed by atoms with Crippen LogP contribution in [0.1, 0.15) is 17.5 Å². The van der Waals surface area contributed by atoms with E-state index in [-0.39, 0.29) is 0 Å². The molecule has 1 aromatic carbocycles. The second-order valence-corrected chi connectivity index (χ2v) is 4.75. The van der Waals surface area contributed by atoms with Crippen molar-refractivity contribution in [3.63, 3.8) is 0 Å². The fourth-order valence-corrected chi connectivity index (χ4v) is 2.14. The highest BCUT2D eigenvalue weighted by Gasteiger charge is 2.05. The molecular formula is C14H22ClNO2. The Labute approximate surface area is 114 Å². The molecule has 1 rings (SSSR count). The molecule has 1 N–H and O–H groups in total. The number of methoxy groups -OCH3 is 1. The maximum Gasteiger partial charge on any atom is 0.125 e. The standard InChI is InChI=1S/C14H22ClNO2/c1-11-9-13(15)10-12(2)14(11)18-8-6-16-5-4-7-17-3/h9-10,16H,4-8H2,1-3H3. The smallest absolute Gasteiger partial charge is 0.125 e. The molecule has 0 atom stereocenters. The summed E-state index contributed by atoms with van der Waals surface area (Å²) in [7, 11) is 1.72. The van der Waals surface area contributed by atoms with Gasteiger partial charge in [0.2, 0.25) is 0 Å². The summed E-state index contributed by atoms with van der Waals surface area (Å²) in [5.41, 5.74) is 2.17. The SMILES string of the molecule is COCCCNCCOc1c(C)cc(Cl)cc1C. The molecule has 0 saturated heterocycles. The molecule has 0 fully saturated rings. The zero-order chi connectivity index (χ0) is 13.4. The van der Waals surface area contributed by atoms with Crippen molar-refractivity contribution in [2.24, 2.45) is 0 Å². The van der Waals surface area contributed by atoms with E-state index in [1.54, 1.807) is 7.11 Å². The monoisotopic (exact) mass is 271 g/mol. The van der Waals surface area contributed by atoms with Crippen LogP contribution in [0.25, 0.3) is 0 Å². The molecule has 1 aromatic rings. The molecule has 0 aromatic heterocycles. The molecule has 102 valence electrons. The van der Waals surface area contributed by atoms with Crippen molar-refractivity contribution in [2.45, 2.75) is 20.3 Å². The molecule has 0 saturated carbocycles. The first kappa shape index (κ1) is 15.3. The summed E-state index contributed by atoms with van der Waals surface area (Å²) >= 11 is 5.97. The zero-order valence-electron chi connectivity index (χ0n) is 11.4. The van der Waals surface area contributed by atoms with E-state index in [0.29, 0.717) is 6.61 Å². The van der Waals surface area contributed by atoms with E-state index < -0.39 is 0 Å². The normalized spacial score (nSPS) is 10.7. The number of hydrogen-bond donors (Lipinski definition) is 1. The first-order chi connectivity index (χ1) is 8.65. The van der Waals surface area contributed by atoms with E-state index in [1.165, 1.54) is 0 Å². The van der Waals surface area contributed by atoms with Gasteiger partial charge in [0.1, 0.15) is 12.4 Å². The number of benzene rings is 1. The van der Waals surface area contributed by atoms with E-state index in [4.69, 9.17) is 21.1 Å². The molecule has 0 heterocycles. The van der Waals surface area contributed by atoms with E-state index in [9.17, 15) is 0 Å². The molecule has 0 aliphatic carbocycles. The molecule has 0 aliphatic rings. The van der Waals surface area contributed by atoms with Crippen molar-refractivity contribution >= 4 is 11.6 Å². The number of ether oxygens (including phenoxy) is 2. The first-order valence-corrected chi connectivity index (χ1v) is 6.62. The van der Waals surface area contributed by atoms with Gasteiger partial charge in [-0.25, -0.2) is 0 Å². The van der Waals surface area contributed by atoms with Crippen LogP contribution in [-0.2, 0) is 4.74 Å². The summed E-state index contributed by atoms with van der Waals surface area (Å²) < 4.78 is 10.8. The Balaban J connectivity index is 2.27. The van der Waals surface area contributed by atoms with Crippen molar-refractivity contribution in [2.75, 3.05) is 33.4 Å². The van der Waals surface area contributed by atoms with E-state index in [2.05, 4.69) is 5.32 Å². The van der Waals surface area contributed by atoms with Crippen LogP contribution in [0, 0.1) is 13.8 Å². The van der Waals surface area contributed by atoms with Gasteiger partial charge >= 0.3 is 0 Å². The average molecular weight is 272 g/mol. The fourth-order valence-electron chi connectivity index (χ4n) is 1.82. The molecule has 0 radical (unpaired) electrons. The largest absolute Gasteiger partial charge is 0.492 e. The first-order valence-electron chi connectivity index (χ1n) is 6.24. The second-order valence-electron chi connectivity index (χ2n) is 4.31. The predicted molar refractivity (Wildman–Crippen MR) is 75.8 cm³/mol. The molecule has 4 heteroatoms. The van der Waals surface area contributed by atoms with Gasteiger partial charge < -0.3 is 14.8 Å². The van der Waals surface area contributed by atoms with Gasteiger partial charge in [-0.15, -0.1) is 0 Å². The van der Waals surface area contributed by atoms with Gasteiger partial charge in [-0.2, -0.15) is 0 Å². The Hall–Kier alpha value is -0.770. The quantitative estimate of drug-likeness (QED) is 0.738. The Morgan fingerprint density at radius 2 is 1.78 bits per heavy atom. The van der Waals surface area contributed by atoms with E-state index >= 15 is 0 Å². The number of halogens is 1. The minimum absolute atomic E-state index is 0.663. The third kappa shape index (κ3) is 5.25. The van der Waals surface area contributed by atoms with Crippen LogP contribution >= 0.6 is 11.6 Å². The van der Waals surface area contributed by atoms with Gasteiger partial charge in [0.25, 0.3) is 0 Å². The third-order valence-electron chi connectivity index (χ3n) is 2.65. The Kier molecular flexibility index (Phi) is 7.09. The topological polar surface area (TPSA) is 30.5 Å². The minimum Gasteiger partial charge on any atom is -0.492 e. The lowest BCUT2D eigenvalue weighted by atomic mass is 10.1. The lowest BCUT2D eigenvalue weighted by Gasteiger charge is -2.13. The molecule has 0 spiro atoms. The third-order valence-corrected chi connectivity index (χ3v) is 2.87. The summed E-state index contributed by atoms with van der Waals surface area (Å²) in [4.78, 5) is 0. The van der Waals surface area contributed by atoms with Gasteiger partial charge in [-0.3, -0.25) is 0 Å². The fraction of sp³-hybridized carbons (Fsp3) is 0.571. The van der Waals surface area contributed by atoms with Gasteiger partial charge in [0, 0.05) is 25.3 Å². The van der Waals surface area contributed by atoms with E-state index in [0.717, 1.165) is 48.0 Å². The number of rotatable bonds is 8. The number of nitrogens with one attached hydrogen (secondary N) is 1. The van der Waals surface area contributed by atoms with E-state index in [1.807, 2.05) is 26.0 Å². The zero-order valence-corrected chi connectivity index (χ0v) is 12.1. The molecule has 3 nitrogen and oxygen atoms in total. The van der Waals surface area contributed by atoms with Crippen LogP contribution in [0.5, 0.6) is 5.75 Å². The van der Waals surface area contributed by atoms with Crippen LogP contribution in [0.4, 0.5) is 0 Å². The summed E-state index contributed by atoms with van der Waals surface area (Å²) in [6, 6.07) is 3.85. The maximum atomic E-state index is 5.97. The lowest BCUT2D eigenvalue weighted by Crippen LogP contribution is -2.23. The van der Waals surface area contributed by atoms with Crippen LogP contribution < -0.4 is 10.1 Å². The molecule has 0 aliphatic heterocycles. The van der Waals surface area contributed by atoms with Crippen LogP contribution in [0.3, 0.4) is 0 Å². The lowest BCUT2D eigenvalue weighted by molar-refractivity contribution is 0.193. The second kappa shape index (κ2) is 8.35. The number of aryl methyl sites for hydroxylation is 2. The van der Waals surface area contributed by atoms with Crippen molar-refractivity contribution < 1.29 is 9.47 Å². The molecule has 18 heavy (non-hydrogen) atoms. The van der Waals surface area contributed by atoms with Crippen LogP contribution in [0.2, 0.25) is 5.02 Å². The van der Waals surface area contributed by atoms with Crippen LogP contribution in [-0.4, -0.2) is 33.4 Å².